The summed E-state index contributed by atoms with van der Waals surface area (Å²) in [6.07, 6.45) is 14.1. The molecule has 1 spiro atoms. The predicted octanol–water partition coefficient (Wildman–Crippen LogP) is 5.84. The molecule has 3 amide bonds. The van der Waals surface area contributed by atoms with Gasteiger partial charge >= 0.3 is 0 Å². The van der Waals surface area contributed by atoms with Crippen LogP contribution in [0.2, 0.25) is 0 Å². The summed E-state index contributed by atoms with van der Waals surface area (Å²) in [6, 6.07) is 6.49. The van der Waals surface area contributed by atoms with Gasteiger partial charge in [-0.25, -0.2) is 13.1 Å². The van der Waals surface area contributed by atoms with Crippen molar-refractivity contribution in [3.63, 3.8) is 0 Å². The SMILES string of the molecule is COc1ccc(C2CCCCC2)c2c1cc1n2CC2=C(C(=O)NS(=O)(=O)C(C)C)C2=C2C=CC[C@@H](C(=O)N3CCC4(CCCN4C(C)=O)CC3)C21. The number of piperidine rings is 1. The molecular formula is C40H50N4O6S. The number of carbonyl (C=O) groups excluding carboxylic acids is 3. The molecule has 272 valence electrons. The number of benzene rings is 1. The number of methoxy groups -OCH3 is 1. The second-order valence-corrected chi connectivity index (χ2v) is 18.1. The van der Waals surface area contributed by atoms with Gasteiger partial charge in [0, 0.05) is 55.6 Å². The van der Waals surface area contributed by atoms with Crippen molar-refractivity contribution in [2.75, 3.05) is 26.7 Å². The molecule has 11 heteroatoms. The Hall–Kier alpha value is -3.86. The number of allylic oxidation sites excluding steroid dienone is 4. The first-order chi connectivity index (χ1) is 24.5. The van der Waals surface area contributed by atoms with Crippen molar-refractivity contribution < 1.29 is 27.5 Å². The zero-order valence-corrected chi connectivity index (χ0v) is 31.1. The van der Waals surface area contributed by atoms with E-state index in [-0.39, 0.29) is 23.3 Å². The lowest BCUT2D eigenvalue weighted by Crippen LogP contribution is -2.55. The Bertz CT molecular complexity index is 2020. The number of nitrogens with zero attached hydrogens (tertiary/aromatic N) is 3. The van der Waals surface area contributed by atoms with Gasteiger partial charge in [0.25, 0.3) is 5.91 Å². The van der Waals surface area contributed by atoms with E-state index in [4.69, 9.17) is 4.74 Å². The maximum absolute atomic E-state index is 14.8. The van der Waals surface area contributed by atoms with E-state index >= 15 is 0 Å². The Balaban J connectivity index is 1.23. The molecule has 8 rings (SSSR count). The number of carbonyl (C=O) groups is 3. The molecule has 2 saturated heterocycles. The largest absolute Gasteiger partial charge is 0.496 e. The highest BCUT2D eigenvalue weighted by Gasteiger charge is 2.50. The van der Waals surface area contributed by atoms with Crippen LogP contribution in [0.4, 0.5) is 0 Å². The topological polar surface area (TPSA) is 118 Å². The monoisotopic (exact) mass is 714 g/mol. The van der Waals surface area contributed by atoms with Gasteiger partial charge in [-0.2, -0.15) is 0 Å². The van der Waals surface area contributed by atoms with Gasteiger partial charge in [0.05, 0.1) is 29.4 Å². The number of rotatable bonds is 6. The van der Waals surface area contributed by atoms with Crippen LogP contribution in [0.3, 0.4) is 0 Å². The normalized spacial score (nSPS) is 24.5. The van der Waals surface area contributed by atoms with E-state index in [1.54, 1.807) is 27.9 Å². The zero-order valence-electron chi connectivity index (χ0n) is 30.3. The number of nitrogens with one attached hydrogen (secondary N) is 1. The lowest BCUT2D eigenvalue weighted by molar-refractivity contribution is -0.141. The molecule has 2 aromatic rings. The Morgan fingerprint density at radius 2 is 1.75 bits per heavy atom. The number of fused-ring (bicyclic) bond motifs is 6. The van der Waals surface area contributed by atoms with Gasteiger partial charge in [-0.3, -0.25) is 14.4 Å². The minimum absolute atomic E-state index is 0.0958. The number of hydrogen-bond acceptors (Lipinski definition) is 6. The first-order valence-electron chi connectivity index (χ1n) is 18.9. The van der Waals surface area contributed by atoms with E-state index in [2.05, 4.69) is 33.6 Å². The van der Waals surface area contributed by atoms with Crippen LogP contribution in [0.25, 0.3) is 10.9 Å². The van der Waals surface area contributed by atoms with Gasteiger partial charge < -0.3 is 19.1 Å². The summed E-state index contributed by atoms with van der Waals surface area (Å²) in [5.41, 5.74) is 6.22. The lowest BCUT2D eigenvalue weighted by atomic mass is 9.75. The van der Waals surface area contributed by atoms with Crippen LogP contribution in [-0.4, -0.2) is 78.0 Å². The molecule has 4 heterocycles. The second kappa shape index (κ2) is 12.7. The Morgan fingerprint density at radius 3 is 2.43 bits per heavy atom. The zero-order chi connectivity index (χ0) is 35.8. The first-order valence-corrected chi connectivity index (χ1v) is 20.5. The lowest BCUT2D eigenvalue weighted by Gasteiger charge is -2.46. The van der Waals surface area contributed by atoms with Gasteiger partial charge in [-0.15, -0.1) is 0 Å². The minimum atomic E-state index is -3.84. The summed E-state index contributed by atoms with van der Waals surface area (Å²) < 4.78 is 36.3. The number of sulfonamides is 1. The molecule has 51 heavy (non-hydrogen) atoms. The maximum atomic E-state index is 14.8. The summed E-state index contributed by atoms with van der Waals surface area (Å²) in [6.45, 7) is 7.19. The van der Waals surface area contributed by atoms with Crippen molar-refractivity contribution >= 4 is 38.6 Å². The average molecular weight is 715 g/mol. The van der Waals surface area contributed by atoms with Crippen LogP contribution in [0.1, 0.15) is 108 Å². The fraction of sp³-hybridized carbons (Fsp3) is 0.575. The van der Waals surface area contributed by atoms with Gasteiger partial charge in [0.2, 0.25) is 21.8 Å². The molecule has 3 fully saturated rings. The smallest absolute Gasteiger partial charge is 0.265 e. The van der Waals surface area contributed by atoms with Crippen LogP contribution in [0, 0.1) is 5.92 Å². The molecule has 0 radical (unpaired) electrons. The van der Waals surface area contributed by atoms with Gasteiger partial charge in [0.15, 0.2) is 0 Å². The Kier molecular flexibility index (Phi) is 8.51. The number of aromatic nitrogens is 1. The summed E-state index contributed by atoms with van der Waals surface area (Å²) >= 11 is 0. The molecular weight excluding hydrogens is 665 g/mol. The summed E-state index contributed by atoms with van der Waals surface area (Å²) in [5, 5.41) is 0.262. The van der Waals surface area contributed by atoms with Crippen molar-refractivity contribution in [1.82, 2.24) is 19.1 Å². The Labute approximate surface area is 301 Å². The summed E-state index contributed by atoms with van der Waals surface area (Å²) in [4.78, 5) is 45.1. The average Bonchev–Trinajstić information content (AvgIpc) is 3.55. The highest BCUT2D eigenvalue weighted by atomic mass is 32.2. The molecule has 1 aromatic heterocycles. The van der Waals surface area contributed by atoms with Crippen molar-refractivity contribution in [1.29, 1.82) is 0 Å². The quantitative estimate of drug-likeness (QED) is 0.402. The highest BCUT2D eigenvalue weighted by molar-refractivity contribution is 7.90. The van der Waals surface area contributed by atoms with Crippen LogP contribution in [0.5, 0.6) is 5.75 Å². The fourth-order valence-electron chi connectivity index (χ4n) is 10.1. The molecule has 2 atom stereocenters. The van der Waals surface area contributed by atoms with E-state index in [1.165, 1.54) is 24.8 Å². The van der Waals surface area contributed by atoms with E-state index < -0.39 is 27.1 Å². The number of ether oxygens (including phenoxy) is 1. The van der Waals surface area contributed by atoms with Gasteiger partial charge in [0.1, 0.15) is 5.75 Å². The third-order valence-electron chi connectivity index (χ3n) is 12.9. The van der Waals surface area contributed by atoms with Crippen molar-refractivity contribution in [2.24, 2.45) is 5.92 Å². The summed E-state index contributed by atoms with van der Waals surface area (Å²) in [7, 11) is -2.15. The van der Waals surface area contributed by atoms with Gasteiger partial charge in [-0.05, 0) is 99.1 Å². The summed E-state index contributed by atoms with van der Waals surface area (Å²) in [5.74, 6) is 0.0817. The highest BCUT2D eigenvalue weighted by Crippen LogP contribution is 2.55. The maximum Gasteiger partial charge on any atom is 0.265 e. The standard InChI is InChI=1S/C40H50N4O6S/c1-24(2)51(48,49)41-38(46)36-31-23-43-32(22-30-33(50-4)15-14-27(37(30)43)26-10-6-5-7-11-26)34-28(35(31)36)12-8-13-29(34)39(47)42-20-17-40(18-21-42)16-9-19-44(40)25(3)45/h8,12,14-15,22,24,26,29,34H,5-7,9-11,13,16-21,23H2,1-4H3,(H,41,46)/t29-,34?/m1/s1. The van der Waals surface area contributed by atoms with Crippen molar-refractivity contribution in [2.45, 2.75) is 114 Å². The van der Waals surface area contributed by atoms with Crippen LogP contribution in [-0.2, 0) is 31.0 Å². The predicted molar refractivity (Wildman–Crippen MR) is 196 cm³/mol. The molecule has 1 aromatic carbocycles. The second-order valence-electron chi connectivity index (χ2n) is 15.9. The Morgan fingerprint density at radius 1 is 1.00 bits per heavy atom. The molecule has 6 aliphatic rings. The third-order valence-corrected chi connectivity index (χ3v) is 14.6. The molecule has 3 aliphatic carbocycles. The first kappa shape index (κ1) is 34.2. The van der Waals surface area contributed by atoms with Crippen molar-refractivity contribution in [3.8, 4) is 5.75 Å². The molecule has 1 saturated carbocycles. The molecule has 1 N–H and O–H groups in total. The fourth-order valence-corrected chi connectivity index (χ4v) is 10.7. The molecule has 1 unspecified atom stereocenters. The molecule has 0 bridgehead atoms. The van der Waals surface area contributed by atoms with E-state index in [9.17, 15) is 22.8 Å². The van der Waals surface area contributed by atoms with Crippen molar-refractivity contribution in [3.05, 3.63) is 63.9 Å². The van der Waals surface area contributed by atoms with Gasteiger partial charge in [-0.1, -0.05) is 37.5 Å². The van der Waals surface area contributed by atoms with E-state index in [1.807, 2.05) is 15.9 Å². The molecule has 10 nitrogen and oxygen atoms in total. The number of hydrogen-bond donors (Lipinski definition) is 1. The third kappa shape index (κ3) is 5.56. The van der Waals surface area contributed by atoms with Crippen LogP contribution < -0.4 is 9.46 Å². The number of likely N-dealkylation sites (tertiary alicyclic amines) is 2. The minimum Gasteiger partial charge on any atom is -0.496 e. The molecule has 3 aliphatic heterocycles. The number of amides is 3. The van der Waals surface area contributed by atoms with E-state index in [0.717, 1.165) is 84.1 Å². The van der Waals surface area contributed by atoms with Crippen LogP contribution in [0.15, 0.2) is 52.6 Å². The van der Waals surface area contributed by atoms with Crippen LogP contribution >= 0.6 is 0 Å². The van der Waals surface area contributed by atoms with E-state index in [0.29, 0.717) is 37.5 Å².